The normalized spacial score (nSPS) is 26.2. The van der Waals surface area contributed by atoms with Gasteiger partial charge in [-0.15, -0.1) is 0 Å². The van der Waals surface area contributed by atoms with E-state index in [1.807, 2.05) is 19.9 Å². The van der Waals surface area contributed by atoms with Crippen molar-refractivity contribution in [3.63, 3.8) is 0 Å². The van der Waals surface area contributed by atoms with E-state index in [9.17, 15) is 20.1 Å². The fraction of sp³-hybridized carbons (Fsp3) is 0.870. The summed E-state index contributed by atoms with van der Waals surface area (Å²) in [5.41, 5.74) is 0. The molecule has 1 saturated carbocycles. The van der Waals surface area contributed by atoms with Gasteiger partial charge in [-0.05, 0) is 39.0 Å². The standard InChI is InChI=1S/C23H42O5/c1-4-5-8-11-18(24)14-15-20-19(21(25)16-22(20)26)12-9-6-7-10-13-23(27)28-17(2)3/h14-15,17-22,24-26H,4-13,16H2,1-3H3/b15-14+/t18-,19?,20+,21-,22+/m0/s1. The van der Waals surface area contributed by atoms with Gasteiger partial charge < -0.3 is 20.1 Å². The van der Waals surface area contributed by atoms with Gasteiger partial charge in [-0.1, -0.05) is 57.6 Å². The smallest absolute Gasteiger partial charge is 0.306 e. The van der Waals surface area contributed by atoms with Crippen LogP contribution < -0.4 is 0 Å². The summed E-state index contributed by atoms with van der Waals surface area (Å²) in [7, 11) is 0. The van der Waals surface area contributed by atoms with Gasteiger partial charge in [-0.3, -0.25) is 4.79 Å². The fourth-order valence-corrected chi connectivity index (χ4v) is 4.06. The molecule has 0 bridgehead atoms. The molecule has 0 aromatic rings. The molecule has 1 rings (SSSR count). The van der Waals surface area contributed by atoms with Crippen molar-refractivity contribution < 1.29 is 24.9 Å². The monoisotopic (exact) mass is 398 g/mol. The predicted octanol–water partition coefficient (Wildman–Crippen LogP) is 4.13. The average molecular weight is 399 g/mol. The number of aliphatic hydroxyl groups is 3. The van der Waals surface area contributed by atoms with E-state index in [4.69, 9.17) is 4.74 Å². The molecular weight excluding hydrogens is 356 g/mol. The quantitative estimate of drug-likeness (QED) is 0.233. The Hall–Kier alpha value is -0.910. The Kier molecular flexibility index (Phi) is 12.7. The minimum atomic E-state index is -0.537. The fourth-order valence-electron chi connectivity index (χ4n) is 4.06. The molecular formula is C23H42O5. The molecule has 1 fully saturated rings. The van der Waals surface area contributed by atoms with Crippen molar-refractivity contribution in [3.8, 4) is 0 Å². The van der Waals surface area contributed by atoms with Crippen molar-refractivity contribution in [3.05, 3.63) is 12.2 Å². The highest BCUT2D eigenvalue weighted by atomic mass is 16.5. The third kappa shape index (κ3) is 10.0. The molecule has 0 aromatic carbocycles. The van der Waals surface area contributed by atoms with Crippen LogP contribution in [0.5, 0.6) is 0 Å². The van der Waals surface area contributed by atoms with Gasteiger partial charge in [-0.25, -0.2) is 0 Å². The first-order valence-electron chi connectivity index (χ1n) is 11.3. The average Bonchev–Trinajstić information content (AvgIpc) is 2.88. The summed E-state index contributed by atoms with van der Waals surface area (Å²) in [6, 6.07) is 0. The lowest BCUT2D eigenvalue weighted by molar-refractivity contribution is -0.147. The lowest BCUT2D eigenvalue weighted by Gasteiger charge is -2.21. The number of rotatable bonds is 14. The van der Waals surface area contributed by atoms with Crippen LogP contribution >= 0.6 is 0 Å². The van der Waals surface area contributed by atoms with Crippen LogP contribution in [0, 0.1) is 11.8 Å². The molecule has 1 aliphatic rings. The molecule has 164 valence electrons. The zero-order chi connectivity index (χ0) is 20.9. The molecule has 0 aromatic heterocycles. The highest BCUT2D eigenvalue weighted by Gasteiger charge is 2.39. The van der Waals surface area contributed by atoms with Gasteiger partial charge >= 0.3 is 5.97 Å². The van der Waals surface area contributed by atoms with Crippen LogP contribution in [0.1, 0.15) is 91.4 Å². The molecule has 5 atom stereocenters. The van der Waals surface area contributed by atoms with E-state index in [-0.39, 0.29) is 23.9 Å². The van der Waals surface area contributed by atoms with Gasteiger partial charge in [0.05, 0.1) is 24.4 Å². The summed E-state index contributed by atoms with van der Waals surface area (Å²) >= 11 is 0. The zero-order valence-electron chi connectivity index (χ0n) is 18.1. The predicted molar refractivity (Wildman–Crippen MR) is 112 cm³/mol. The lowest BCUT2D eigenvalue weighted by atomic mass is 9.88. The van der Waals surface area contributed by atoms with Crippen LogP contribution in [0.3, 0.4) is 0 Å². The molecule has 0 amide bonds. The number of ether oxygens (including phenoxy) is 1. The number of hydrogen-bond donors (Lipinski definition) is 3. The Morgan fingerprint density at radius 2 is 1.79 bits per heavy atom. The second kappa shape index (κ2) is 14.1. The SMILES string of the molecule is CCCCC[C@H](O)/C=C/[C@@H]1C(CCCCCCC(=O)OC(C)C)[C@@H](O)C[C@H]1O. The molecule has 5 nitrogen and oxygen atoms in total. The highest BCUT2D eigenvalue weighted by Crippen LogP contribution is 2.37. The van der Waals surface area contributed by atoms with Gasteiger partial charge in [0.25, 0.3) is 0 Å². The Morgan fingerprint density at radius 3 is 2.46 bits per heavy atom. The van der Waals surface area contributed by atoms with E-state index in [0.29, 0.717) is 12.8 Å². The van der Waals surface area contributed by atoms with Gasteiger partial charge in [0, 0.05) is 18.8 Å². The van der Waals surface area contributed by atoms with Crippen molar-refractivity contribution in [2.75, 3.05) is 0 Å². The van der Waals surface area contributed by atoms with Crippen LogP contribution in [0.15, 0.2) is 12.2 Å². The minimum Gasteiger partial charge on any atom is -0.463 e. The maximum absolute atomic E-state index is 11.5. The van der Waals surface area contributed by atoms with Crippen molar-refractivity contribution in [2.45, 2.75) is 116 Å². The number of carbonyl (C=O) groups excluding carboxylic acids is 1. The maximum Gasteiger partial charge on any atom is 0.306 e. The molecule has 0 saturated heterocycles. The molecule has 0 heterocycles. The van der Waals surface area contributed by atoms with Crippen LogP contribution in [0.2, 0.25) is 0 Å². The van der Waals surface area contributed by atoms with Crippen LogP contribution in [-0.4, -0.2) is 45.7 Å². The summed E-state index contributed by atoms with van der Waals surface area (Å²) in [4.78, 5) is 11.5. The van der Waals surface area contributed by atoms with E-state index in [2.05, 4.69) is 6.92 Å². The van der Waals surface area contributed by atoms with Crippen molar-refractivity contribution in [1.82, 2.24) is 0 Å². The van der Waals surface area contributed by atoms with E-state index < -0.39 is 18.3 Å². The molecule has 0 radical (unpaired) electrons. The number of hydrogen-bond acceptors (Lipinski definition) is 5. The first-order chi connectivity index (χ1) is 13.3. The number of unbranched alkanes of at least 4 members (excludes halogenated alkanes) is 5. The van der Waals surface area contributed by atoms with Gasteiger partial charge in [0.2, 0.25) is 0 Å². The summed E-state index contributed by atoms with van der Waals surface area (Å²) in [6.07, 6.45) is 11.7. The molecule has 0 spiro atoms. The van der Waals surface area contributed by atoms with E-state index in [0.717, 1.165) is 57.8 Å². The molecule has 0 aliphatic heterocycles. The third-order valence-corrected chi connectivity index (χ3v) is 5.61. The molecule has 1 aliphatic carbocycles. The topological polar surface area (TPSA) is 87.0 Å². The first kappa shape index (κ1) is 25.1. The lowest BCUT2D eigenvalue weighted by Crippen LogP contribution is -2.21. The number of esters is 1. The Morgan fingerprint density at radius 1 is 1.07 bits per heavy atom. The Balaban J connectivity index is 2.32. The van der Waals surface area contributed by atoms with Crippen LogP contribution in [0.4, 0.5) is 0 Å². The Labute approximate surface area is 171 Å². The van der Waals surface area contributed by atoms with Gasteiger partial charge in [0.15, 0.2) is 0 Å². The molecule has 1 unspecified atom stereocenters. The van der Waals surface area contributed by atoms with Crippen LogP contribution in [-0.2, 0) is 9.53 Å². The third-order valence-electron chi connectivity index (χ3n) is 5.61. The largest absolute Gasteiger partial charge is 0.463 e. The van der Waals surface area contributed by atoms with Crippen molar-refractivity contribution >= 4 is 5.97 Å². The van der Waals surface area contributed by atoms with Gasteiger partial charge in [-0.2, -0.15) is 0 Å². The first-order valence-corrected chi connectivity index (χ1v) is 11.3. The van der Waals surface area contributed by atoms with Crippen molar-refractivity contribution in [2.24, 2.45) is 11.8 Å². The minimum absolute atomic E-state index is 0.0417. The van der Waals surface area contributed by atoms with Crippen LogP contribution in [0.25, 0.3) is 0 Å². The zero-order valence-corrected chi connectivity index (χ0v) is 18.1. The number of carbonyl (C=O) groups is 1. The Bertz CT molecular complexity index is 448. The highest BCUT2D eigenvalue weighted by molar-refractivity contribution is 5.69. The van der Waals surface area contributed by atoms with E-state index in [1.54, 1.807) is 6.08 Å². The van der Waals surface area contributed by atoms with Crippen molar-refractivity contribution in [1.29, 1.82) is 0 Å². The van der Waals surface area contributed by atoms with Gasteiger partial charge in [0.1, 0.15) is 0 Å². The second-order valence-electron chi connectivity index (χ2n) is 8.55. The molecule has 3 N–H and O–H groups in total. The molecule has 28 heavy (non-hydrogen) atoms. The van der Waals surface area contributed by atoms with E-state index in [1.165, 1.54) is 0 Å². The van der Waals surface area contributed by atoms with E-state index >= 15 is 0 Å². The maximum atomic E-state index is 11.5. The summed E-state index contributed by atoms with van der Waals surface area (Å²) in [6.45, 7) is 5.85. The summed E-state index contributed by atoms with van der Waals surface area (Å²) in [5.74, 6) is -0.177. The molecule has 5 heteroatoms. The number of aliphatic hydroxyl groups excluding tert-OH is 3. The second-order valence-corrected chi connectivity index (χ2v) is 8.55. The summed E-state index contributed by atoms with van der Waals surface area (Å²) in [5, 5.41) is 30.7. The summed E-state index contributed by atoms with van der Waals surface area (Å²) < 4.78 is 5.13.